The molecule has 3 aromatic carbocycles. The van der Waals surface area contributed by atoms with Gasteiger partial charge in [-0.2, -0.15) is 0 Å². The topological polar surface area (TPSA) is 144 Å². The lowest BCUT2D eigenvalue weighted by atomic mass is 9.77. The Bertz CT molecular complexity index is 2500. The number of methoxy groups -OCH3 is 3. The summed E-state index contributed by atoms with van der Waals surface area (Å²) in [5.74, 6) is 1.05. The lowest BCUT2D eigenvalue weighted by Gasteiger charge is -2.37. The number of benzene rings is 3. The van der Waals surface area contributed by atoms with E-state index in [1.807, 2.05) is 78.9 Å². The second-order valence-corrected chi connectivity index (χ2v) is 25.1. The van der Waals surface area contributed by atoms with Crippen LogP contribution >= 0.6 is 17.1 Å². The highest BCUT2D eigenvalue weighted by Crippen LogP contribution is 2.76. The van der Waals surface area contributed by atoms with Crippen LogP contribution in [0.15, 0.2) is 107 Å². The maximum atomic E-state index is 14.6. The number of nitrogens with zero attached hydrogens (tertiary/aromatic N) is 2. The summed E-state index contributed by atoms with van der Waals surface area (Å²) >= 11 is 8.00. The second kappa shape index (κ2) is 20.9. The van der Waals surface area contributed by atoms with E-state index in [1.54, 1.807) is 60.4 Å². The predicted octanol–water partition coefficient (Wildman–Crippen LogP) is 8.70. The molecule has 8 atom stereocenters. The highest BCUT2D eigenvalue weighted by atomic mass is 32.9. The number of allylic oxidation sites excluding steroid dienone is 1. The lowest BCUT2D eigenvalue weighted by molar-refractivity contribution is -0.157. The number of carbonyl (C=O) groups excluding carboxylic acids is 1. The average Bonchev–Trinajstić information content (AvgIpc) is 3.78. The van der Waals surface area contributed by atoms with Gasteiger partial charge in [0.1, 0.15) is 35.4 Å². The number of rotatable bonds is 18. The van der Waals surface area contributed by atoms with Gasteiger partial charge in [-0.1, -0.05) is 78.1 Å². The molecular formula is C50H63N2O12PS2. The van der Waals surface area contributed by atoms with Gasteiger partial charge >= 0.3 is 11.7 Å². The van der Waals surface area contributed by atoms with Crippen LogP contribution in [0.1, 0.15) is 82.4 Å². The standard InChI is InChI=1S/C50H63N2O12PS2/c1-32(2)34-24-25-49(7)41(28-34)63-65(66,67-49)64-42-40(62-45(43(42)59-27-26-56-8)51-29-33(3)44(53)52(47(51)55)31-60-46(54)48(4,5)6)30-61-50(35-14-12-11-13-15-35,36-16-20-38(57-9)21-17-36)37-18-22-39(58-10)23-19-37/h11-23,29,34,40-43,45H,1,24-28,30-31H2,2-10H3/t34-,40+,41+,42+,43+,45+,49+,65+/m0/s1. The number of carbonyl (C=O) groups is 1. The molecule has 0 spiro atoms. The number of hydrogen-bond acceptors (Lipinski definition) is 14. The summed E-state index contributed by atoms with van der Waals surface area (Å²) < 4.78 is 59.1. The molecule has 3 heterocycles. The number of hydrogen-bond donors (Lipinski definition) is 0. The number of aryl methyl sites for hydroxylation is 1. The largest absolute Gasteiger partial charge is 0.497 e. The maximum absolute atomic E-state index is 14.6. The highest BCUT2D eigenvalue weighted by molar-refractivity contribution is 8.68. The van der Waals surface area contributed by atoms with E-state index in [1.165, 1.54) is 10.8 Å². The molecule has 362 valence electrons. The monoisotopic (exact) mass is 978 g/mol. The quantitative estimate of drug-likeness (QED) is 0.0308. The number of ether oxygens (including phenoxy) is 7. The van der Waals surface area contributed by atoms with E-state index < -0.39 is 65.2 Å². The van der Waals surface area contributed by atoms with Crippen molar-refractivity contribution < 1.29 is 47.0 Å². The Morgan fingerprint density at radius 1 is 0.925 bits per heavy atom. The summed E-state index contributed by atoms with van der Waals surface area (Å²) in [6, 6.07) is 25.2. The number of fused-ring (bicyclic) bond motifs is 1. The summed E-state index contributed by atoms with van der Waals surface area (Å²) in [4.78, 5) is 41.1. The van der Waals surface area contributed by atoms with Crippen molar-refractivity contribution in [2.24, 2.45) is 11.3 Å². The first kappa shape index (κ1) is 50.8. The molecule has 1 saturated carbocycles. The van der Waals surface area contributed by atoms with Crippen LogP contribution in [0.5, 0.6) is 11.5 Å². The van der Waals surface area contributed by atoms with Gasteiger partial charge in [-0.25, -0.2) is 9.36 Å². The third-order valence-corrected chi connectivity index (χ3v) is 18.5. The van der Waals surface area contributed by atoms with Gasteiger partial charge in [0, 0.05) is 23.6 Å². The van der Waals surface area contributed by atoms with Gasteiger partial charge in [0.2, 0.25) is 5.69 Å². The smallest absolute Gasteiger partial charge is 0.336 e. The molecule has 0 N–H and O–H groups in total. The molecule has 3 fully saturated rings. The van der Waals surface area contributed by atoms with Gasteiger partial charge < -0.3 is 42.2 Å². The molecule has 4 aromatic rings. The second-order valence-electron chi connectivity index (χ2n) is 18.6. The van der Waals surface area contributed by atoms with Gasteiger partial charge in [-0.3, -0.25) is 14.2 Å². The molecule has 2 saturated heterocycles. The fourth-order valence-corrected chi connectivity index (χ4v) is 16.4. The summed E-state index contributed by atoms with van der Waals surface area (Å²) in [6.45, 7) is 14.7. The predicted molar refractivity (Wildman–Crippen MR) is 261 cm³/mol. The summed E-state index contributed by atoms with van der Waals surface area (Å²) in [6.07, 6.45) is -0.295. The molecule has 14 nitrogen and oxygen atoms in total. The SMILES string of the molecule is C=C(C)[C@H]1CC[C@@]2(C)S[P@@](=S)(O[C@H]3[C@@H](OCCOC)[C@H](n4cc(C)c(=O)n(COC(=O)C(C)(C)C)c4=O)O[C@@H]3COC(c3ccccc3)(c3ccc(OC)cc3)c3ccc(OC)cc3)O[C@@H]2C1. The Labute approximate surface area is 402 Å². The van der Waals surface area contributed by atoms with Crippen LogP contribution in [-0.2, 0) is 61.7 Å². The molecule has 0 unspecified atom stereocenters. The minimum Gasteiger partial charge on any atom is -0.497 e. The van der Waals surface area contributed by atoms with Crippen molar-refractivity contribution in [1.82, 2.24) is 9.13 Å². The summed E-state index contributed by atoms with van der Waals surface area (Å²) in [5, 5.41) is 0. The molecule has 3 aliphatic rings. The van der Waals surface area contributed by atoms with Crippen molar-refractivity contribution in [3.05, 3.63) is 140 Å². The molecule has 1 aliphatic carbocycles. The zero-order valence-corrected chi connectivity index (χ0v) is 42.3. The molecular weight excluding hydrogens is 916 g/mol. The zero-order valence-electron chi connectivity index (χ0n) is 39.8. The van der Waals surface area contributed by atoms with E-state index in [4.69, 9.17) is 54.0 Å². The first-order valence-electron chi connectivity index (χ1n) is 22.4. The fourth-order valence-electron chi connectivity index (χ4n) is 8.90. The molecule has 0 amide bonds. The molecule has 0 bridgehead atoms. The van der Waals surface area contributed by atoms with Crippen molar-refractivity contribution in [3.63, 3.8) is 0 Å². The average molecular weight is 979 g/mol. The van der Waals surface area contributed by atoms with Crippen LogP contribution in [0.25, 0.3) is 0 Å². The van der Waals surface area contributed by atoms with E-state index in [9.17, 15) is 14.4 Å². The lowest BCUT2D eigenvalue weighted by Crippen LogP contribution is -2.46. The van der Waals surface area contributed by atoms with Crippen molar-refractivity contribution in [3.8, 4) is 11.5 Å². The van der Waals surface area contributed by atoms with E-state index in [-0.39, 0.29) is 36.2 Å². The molecule has 2 aliphatic heterocycles. The van der Waals surface area contributed by atoms with Gasteiger partial charge in [0.25, 0.3) is 5.56 Å². The van der Waals surface area contributed by atoms with Crippen LogP contribution in [0.4, 0.5) is 0 Å². The number of aromatic nitrogens is 2. The van der Waals surface area contributed by atoms with Crippen LogP contribution < -0.4 is 20.7 Å². The Morgan fingerprint density at radius 2 is 1.54 bits per heavy atom. The summed E-state index contributed by atoms with van der Waals surface area (Å²) in [5.41, 5.74) is -2.98. The van der Waals surface area contributed by atoms with Crippen LogP contribution in [0, 0.1) is 18.3 Å². The van der Waals surface area contributed by atoms with Crippen molar-refractivity contribution in [2.75, 3.05) is 41.2 Å². The Morgan fingerprint density at radius 3 is 2.10 bits per heavy atom. The van der Waals surface area contributed by atoms with E-state index in [0.29, 0.717) is 17.4 Å². The third-order valence-electron chi connectivity index (χ3n) is 12.8. The summed E-state index contributed by atoms with van der Waals surface area (Å²) in [7, 11) is 4.80. The molecule has 0 radical (unpaired) electrons. The van der Waals surface area contributed by atoms with Crippen molar-refractivity contribution >= 4 is 34.9 Å². The highest BCUT2D eigenvalue weighted by Gasteiger charge is 2.57. The molecule has 67 heavy (non-hydrogen) atoms. The van der Waals surface area contributed by atoms with Crippen LogP contribution in [0.2, 0.25) is 0 Å². The van der Waals surface area contributed by atoms with Gasteiger partial charge in [-0.05, 0) is 119 Å². The minimum absolute atomic E-state index is 0.0915. The maximum Gasteiger partial charge on any atom is 0.336 e. The third kappa shape index (κ3) is 10.7. The van der Waals surface area contributed by atoms with Crippen LogP contribution in [0.3, 0.4) is 0 Å². The van der Waals surface area contributed by atoms with Gasteiger partial charge in [-0.15, -0.1) is 0 Å². The van der Waals surface area contributed by atoms with Crippen molar-refractivity contribution in [2.45, 2.75) is 109 Å². The Balaban J connectivity index is 1.36. The minimum atomic E-state index is -3.17. The first-order chi connectivity index (χ1) is 31.9. The van der Waals surface area contributed by atoms with Gasteiger partial charge in [0.15, 0.2) is 13.0 Å². The number of esters is 1. The molecule has 7 rings (SSSR count). The first-order valence-corrected chi connectivity index (χ1v) is 26.5. The molecule has 17 heteroatoms. The normalized spacial score (nSPS) is 26.2. The Kier molecular flexibility index (Phi) is 15.8. The molecule has 1 aromatic heterocycles. The zero-order chi connectivity index (χ0) is 48.3. The fraction of sp³-hybridized carbons (Fsp3) is 0.500. The van der Waals surface area contributed by atoms with Crippen molar-refractivity contribution in [1.29, 1.82) is 0 Å². The van der Waals surface area contributed by atoms with Gasteiger partial charge in [0.05, 0.1) is 45.6 Å². The van der Waals surface area contributed by atoms with E-state index in [0.717, 1.165) is 46.1 Å². The van der Waals surface area contributed by atoms with Crippen LogP contribution in [-0.4, -0.2) is 85.4 Å². The van der Waals surface area contributed by atoms with E-state index >= 15 is 0 Å². The van der Waals surface area contributed by atoms with E-state index in [2.05, 4.69) is 20.4 Å². The Hall–Kier alpha value is -4.09.